The van der Waals surface area contributed by atoms with E-state index in [1.165, 1.54) is 18.5 Å². The van der Waals surface area contributed by atoms with Crippen molar-refractivity contribution in [3.05, 3.63) is 36.2 Å². The van der Waals surface area contributed by atoms with Gasteiger partial charge in [-0.3, -0.25) is 0 Å². The first kappa shape index (κ1) is 18.2. The summed E-state index contributed by atoms with van der Waals surface area (Å²) >= 11 is 0. The molecule has 7 nitrogen and oxygen atoms in total. The molecule has 0 aliphatic carbocycles. The smallest absolute Gasteiger partial charge is 0.393 e. The van der Waals surface area contributed by atoms with Crippen molar-refractivity contribution in [3.63, 3.8) is 0 Å². The maximum absolute atomic E-state index is 12.6. The van der Waals surface area contributed by atoms with E-state index in [2.05, 4.69) is 32.7 Å². The first-order valence-electron chi connectivity index (χ1n) is 8.08. The number of hydrazine groups is 1. The molecule has 3 rings (SSSR count). The number of aromatic nitrogens is 2. The fraction of sp³-hybridized carbons (Fsp3) is 0.375. The van der Waals surface area contributed by atoms with Crippen LogP contribution in [0.3, 0.4) is 0 Å². The lowest BCUT2D eigenvalue weighted by molar-refractivity contribution is -0.137. The summed E-state index contributed by atoms with van der Waals surface area (Å²) in [5, 5.41) is 4.94. The van der Waals surface area contributed by atoms with Crippen LogP contribution in [0.25, 0.3) is 0 Å². The minimum Gasteiger partial charge on any atom is -0.393 e. The number of nitrogens with two attached hydrogens (primary N) is 1. The number of nitrogen functional groups attached to an aromatic ring is 1. The molecular weight excluding hydrogens is 347 g/mol. The average Bonchev–Trinajstić information content (AvgIpc) is 2.60. The Balaban J connectivity index is 1.71. The van der Waals surface area contributed by atoms with Crippen molar-refractivity contribution in [3.8, 4) is 0 Å². The maximum atomic E-state index is 12.6. The van der Waals surface area contributed by atoms with Crippen molar-refractivity contribution >= 4 is 23.0 Å². The Morgan fingerprint density at radius 2 is 1.62 bits per heavy atom. The molecule has 26 heavy (non-hydrogen) atoms. The van der Waals surface area contributed by atoms with Crippen molar-refractivity contribution in [2.24, 2.45) is 0 Å². The van der Waals surface area contributed by atoms with Gasteiger partial charge in [-0.15, -0.1) is 0 Å². The van der Waals surface area contributed by atoms with E-state index >= 15 is 0 Å². The molecule has 0 spiro atoms. The minimum atomic E-state index is -4.37. The highest BCUT2D eigenvalue weighted by Crippen LogP contribution is 2.31. The molecule has 140 valence electrons. The van der Waals surface area contributed by atoms with Crippen LogP contribution in [0.5, 0.6) is 0 Å². The van der Waals surface area contributed by atoms with Gasteiger partial charge in [-0.2, -0.15) is 13.2 Å². The van der Waals surface area contributed by atoms with Gasteiger partial charge in [0.05, 0.1) is 5.56 Å². The van der Waals surface area contributed by atoms with Crippen LogP contribution in [0.2, 0.25) is 0 Å². The van der Waals surface area contributed by atoms with E-state index in [4.69, 9.17) is 5.73 Å². The number of alkyl halides is 3. The molecule has 0 saturated carbocycles. The summed E-state index contributed by atoms with van der Waals surface area (Å²) in [6.45, 7) is 3.49. The van der Waals surface area contributed by atoms with Crippen LogP contribution in [0, 0.1) is 0 Å². The summed E-state index contributed by atoms with van der Waals surface area (Å²) in [6.07, 6.45) is -3.02. The second kappa shape index (κ2) is 7.34. The van der Waals surface area contributed by atoms with Crippen LogP contribution in [-0.4, -0.2) is 53.1 Å². The quantitative estimate of drug-likeness (QED) is 0.765. The summed E-state index contributed by atoms with van der Waals surface area (Å²) < 4.78 is 37.9. The lowest BCUT2D eigenvalue weighted by atomic mass is 10.2. The summed E-state index contributed by atoms with van der Waals surface area (Å²) in [5.74, 6) is 0.787. The largest absolute Gasteiger partial charge is 0.416 e. The molecule has 1 fully saturated rings. The topological polar surface area (TPSA) is 82.3 Å². The highest BCUT2D eigenvalue weighted by Gasteiger charge is 2.30. The molecule has 1 aromatic heterocycles. The first-order chi connectivity index (χ1) is 12.3. The number of likely N-dealkylation sites (N-methyl/N-ethyl adjacent to an activating group) is 1. The molecule has 0 bridgehead atoms. The fourth-order valence-corrected chi connectivity index (χ4v) is 2.53. The molecule has 0 radical (unpaired) electrons. The van der Waals surface area contributed by atoms with Crippen molar-refractivity contribution in [1.82, 2.24) is 19.9 Å². The SMILES string of the molecule is CN1CCN(Nc2ncnc(Nc3ccc(C(F)(F)F)cc3)c2N)CC1. The van der Waals surface area contributed by atoms with E-state index in [0.717, 1.165) is 38.3 Å². The standard InChI is InChI=1S/C16H20F3N7/c1-25-6-8-26(9-7-25)24-15-13(20)14(21-10-22-15)23-12-4-2-11(3-5-12)16(17,18)19/h2-5,10H,6-9,20H2,1H3,(H2,21,22,23,24). The maximum Gasteiger partial charge on any atom is 0.416 e. The Labute approximate surface area is 149 Å². The monoisotopic (exact) mass is 367 g/mol. The van der Waals surface area contributed by atoms with Gasteiger partial charge in [0.25, 0.3) is 0 Å². The van der Waals surface area contributed by atoms with E-state index in [1.807, 2.05) is 5.01 Å². The molecule has 2 aromatic rings. The van der Waals surface area contributed by atoms with Crippen molar-refractivity contribution < 1.29 is 13.2 Å². The van der Waals surface area contributed by atoms with Gasteiger partial charge >= 0.3 is 6.18 Å². The molecule has 1 aliphatic heterocycles. The third-order valence-electron chi connectivity index (χ3n) is 4.13. The lowest BCUT2D eigenvalue weighted by Gasteiger charge is -2.32. The van der Waals surface area contributed by atoms with Gasteiger partial charge < -0.3 is 21.4 Å². The van der Waals surface area contributed by atoms with E-state index in [-0.39, 0.29) is 0 Å². The van der Waals surface area contributed by atoms with Crippen LogP contribution >= 0.6 is 0 Å². The van der Waals surface area contributed by atoms with Crippen LogP contribution in [0.15, 0.2) is 30.6 Å². The number of rotatable bonds is 4. The summed E-state index contributed by atoms with van der Waals surface area (Å²) in [7, 11) is 2.06. The number of hydrogen-bond acceptors (Lipinski definition) is 7. The minimum absolute atomic E-state index is 0.298. The number of anilines is 4. The molecule has 1 aliphatic rings. The number of benzene rings is 1. The Morgan fingerprint density at radius 1 is 1.00 bits per heavy atom. The van der Waals surface area contributed by atoms with Crippen LogP contribution in [0.1, 0.15) is 5.56 Å². The lowest BCUT2D eigenvalue weighted by Crippen LogP contribution is -2.47. The molecule has 1 saturated heterocycles. The van der Waals surface area contributed by atoms with Crippen molar-refractivity contribution in [1.29, 1.82) is 0 Å². The predicted molar refractivity (Wildman–Crippen MR) is 93.9 cm³/mol. The van der Waals surface area contributed by atoms with Gasteiger partial charge in [-0.1, -0.05) is 0 Å². The van der Waals surface area contributed by atoms with E-state index in [9.17, 15) is 13.2 Å². The Morgan fingerprint density at radius 3 is 2.23 bits per heavy atom. The normalized spacial score (nSPS) is 16.5. The highest BCUT2D eigenvalue weighted by molar-refractivity contribution is 5.77. The van der Waals surface area contributed by atoms with Gasteiger partial charge in [-0.05, 0) is 31.3 Å². The molecule has 1 aromatic carbocycles. The van der Waals surface area contributed by atoms with Gasteiger partial charge in [0.2, 0.25) is 0 Å². The average molecular weight is 367 g/mol. The van der Waals surface area contributed by atoms with Gasteiger partial charge in [0.15, 0.2) is 11.6 Å². The van der Waals surface area contributed by atoms with Crippen LogP contribution < -0.4 is 16.5 Å². The second-order valence-electron chi connectivity index (χ2n) is 6.09. The number of nitrogens with one attached hydrogen (secondary N) is 2. The Hall–Kier alpha value is -2.59. The van der Waals surface area contributed by atoms with Gasteiger partial charge in [0.1, 0.15) is 12.0 Å². The Kier molecular flexibility index (Phi) is 5.14. The molecule has 4 N–H and O–H groups in total. The summed E-state index contributed by atoms with van der Waals surface area (Å²) in [5.41, 5.74) is 9.31. The molecule has 0 atom stereocenters. The Bertz CT molecular complexity index is 740. The molecule has 0 amide bonds. The number of nitrogens with zero attached hydrogens (tertiary/aromatic N) is 4. The summed E-state index contributed by atoms with van der Waals surface area (Å²) in [6, 6.07) is 4.67. The van der Waals surface area contributed by atoms with E-state index in [0.29, 0.717) is 23.0 Å². The molecular formula is C16H20F3N7. The number of halogens is 3. The third-order valence-corrected chi connectivity index (χ3v) is 4.13. The van der Waals surface area contributed by atoms with Crippen molar-refractivity contribution in [2.75, 3.05) is 49.7 Å². The molecule has 2 heterocycles. The van der Waals surface area contributed by atoms with E-state index < -0.39 is 11.7 Å². The van der Waals surface area contributed by atoms with Crippen molar-refractivity contribution in [2.45, 2.75) is 6.18 Å². The van der Waals surface area contributed by atoms with Gasteiger partial charge in [-0.25, -0.2) is 15.0 Å². The second-order valence-corrected chi connectivity index (χ2v) is 6.09. The highest BCUT2D eigenvalue weighted by atomic mass is 19.4. The zero-order chi connectivity index (χ0) is 18.7. The van der Waals surface area contributed by atoms with E-state index in [1.54, 1.807) is 0 Å². The number of piperazine rings is 1. The first-order valence-corrected chi connectivity index (χ1v) is 8.08. The third kappa shape index (κ3) is 4.33. The molecule has 0 unspecified atom stereocenters. The predicted octanol–water partition coefficient (Wildman–Crippen LogP) is 2.40. The zero-order valence-corrected chi connectivity index (χ0v) is 14.2. The number of hydrogen-bond donors (Lipinski definition) is 3. The van der Waals surface area contributed by atoms with Crippen LogP contribution in [-0.2, 0) is 6.18 Å². The van der Waals surface area contributed by atoms with Crippen LogP contribution in [0.4, 0.5) is 36.2 Å². The summed E-state index contributed by atoms with van der Waals surface area (Å²) in [4.78, 5) is 10.4. The fourth-order valence-electron chi connectivity index (χ4n) is 2.53. The zero-order valence-electron chi connectivity index (χ0n) is 14.2. The van der Waals surface area contributed by atoms with Gasteiger partial charge in [0, 0.05) is 31.9 Å². The molecule has 10 heteroatoms.